The molecule has 0 N–H and O–H groups in total. The standard InChI is InChI=1S/C11H12FN3/c1-11(12)4-5-15(8-11)10-3-2-9(6-13)14-7-10/h2-3,7H,4-5,8H2,1H3. The summed E-state index contributed by atoms with van der Waals surface area (Å²) in [5, 5.41) is 8.59. The van der Waals surface area contributed by atoms with Crippen LogP contribution in [0.1, 0.15) is 19.0 Å². The molecule has 0 aliphatic carbocycles. The molecule has 1 aliphatic heterocycles. The van der Waals surface area contributed by atoms with Gasteiger partial charge in [0.05, 0.1) is 18.4 Å². The van der Waals surface area contributed by atoms with Crippen molar-refractivity contribution in [3.05, 3.63) is 24.0 Å². The van der Waals surface area contributed by atoms with Crippen molar-refractivity contribution >= 4 is 5.69 Å². The van der Waals surface area contributed by atoms with Crippen LogP contribution in [0.15, 0.2) is 18.3 Å². The van der Waals surface area contributed by atoms with Crippen LogP contribution in [0.25, 0.3) is 0 Å². The molecular weight excluding hydrogens is 193 g/mol. The molecule has 1 aromatic heterocycles. The summed E-state index contributed by atoms with van der Waals surface area (Å²) in [6.07, 6.45) is 2.17. The third-order valence-corrected chi connectivity index (χ3v) is 2.65. The summed E-state index contributed by atoms with van der Waals surface area (Å²) in [4.78, 5) is 5.92. The van der Waals surface area contributed by atoms with Gasteiger partial charge in [0, 0.05) is 13.0 Å². The van der Waals surface area contributed by atoms with Gasteiger partial charge in [-0.2, -0.15) is 5.26 Å². The van der Waals surface area contributed by atoms with Gasteiger partial charge in [0.1, 0.15) is 17.4 Å². The van der Waals surface area contributed by atoms with E-state index in [1.54, 1.807) is 19.2 Å². The molecule has 2 heterocycles. The molecular formula is C11H12FN3. The summed E-state index contributed by atoms with van der Waals surface area (Å²) in [7, 11) is 0. The molecule has 2 rings (SSSR count). The minimum absolute atomic E-state index is 0.390. The monoisotopic (exact) mass is 205 g/mol. The Balaban J connectivity index is 2.15. The zero-order valence-corrected chi connectivity index (χ0v) is 8.57. The summed E-state index contributed by atoms with van der Waals surface area (Å²) < 4.78 is 13.6. The van der Waals surface area contributed by atoms with Crippen LogP contribution < -0.4 is 4.90 Å². The number of nitrogens with zero attached hydrogens (tertiary/aromatic N) is 3. The second-order valence-electron chi connectivity index (χ2n) is 4.10. The molecule has 0 aromatic carbocycles. The number of pyridine rings is 1. The van der Waals surface area contributed by atoms with Gasteiger partial charge in [0.2, 0.25) is 0 Å². The molecule has 0 radical (unpaired) electrons. The highest BCUT2D eigenvalue weighted by Crippen LogP contribution is 2.28. The minimum atomic E-state index is -1.10. The molecule has 1 aromatic rings. The van der Waals surface area contributed by atoms with Gasteiger partial charge in [0.15, 0.2) is 0 Å². The maximum atomic E-state index is 13.6. The predicted molar refractivity (Wildman–Crippen MR) is 55.3 cm³/mol. The van der Waals surface area contributed by atoms with Crippen molar-refractivity contribution in [2.75, 3.05) is 18.0 Å². The zero-order chi connectivity index (χ0) is 10.9. The van der Waals surface area contributed by atoms with Gasteiger partial charge in [-0.05, 0) is 19.1 Å². The van der Waals surface area contributed by atoms with Crippen molar-refractivity contribution in [1.82, 2.24) is 4.98 Å². The Hall–Kier alpha value is -1.63. The van der Waals surface area contributed by atoms with Crippen LogP contribution in [0.4, 0.5) is 10.1 Å². The van der Waals surface area contributed by atoms with Gasteiger partial charge in [-0.1, -0.05) is 0 Å². The highest BCUT2D eigenvalue weighted by atomic mass is 19.1. The maximum absolute atomic E-state index is 13.6. The molecule has 0 bridgehead atoms. The minimum Gasteiger partial charge on any atom is -0.367 e. The smallest absolute Gasteiger partial charge is 0.140 e. The molecule has 1 saturated heterocycles. The highest BCUT2D eigenvalue weighted by Gasteiger charge is 2.33. The fourth-order valence-corrected chi connectivity index (χ4v) is 1.78. The van der Waals surface area contributed by atoms with E-state index in [-0.39, 0.29) is 0 Å². The number of anilines is 1. The van der Waals surface area contributed by atoms with E-state index in [1.165, 1.54) is 0 Å². The van der Waals surface area contributed by atoms with E-state index in [0.29, 0.717) is 25.2 Å². The number of hydrogen-bond acceptors (Lipinski definition) is 3. The van der Waals surface area contributed by atoms with Crippen LogP contribution in [0.5, 0.6) is 0 Å². The lowest BCUT2D eigenvalue weighted by Gasteiger charge is -2.18. The van der Waals surface area contributed by atoms with Crippen LogP contribution >= 0.6 is 0 Å². The maximum Gasteiger partial charge on any atom is 0.140 e. The van der Waals surface area contributed by atoms with E-state index in [0.717, 1.165) is 5.69 Å². The highest BCUT2D eigenvalue weighted by molar-refractivity contribution is 5.47. The van der Waals surface area contributed by atoms with Crippen molar-refractivity contribution in [3.8, 4) is 6.07 Å². The van der Waals surface area contributed by atoms with Gasteiger partial charge in [-0.15, -0.1) is 0 Å². The number of aromatic nitrogens is 1. The molecule has 1 aliphatic rings. The normalized spacial score (nSPS) is 25.3. The van der Waals surface area contributed by atoms with E-state index in [9.17, 15) is 4.39 Å². The lowest BCUT2D eigenvalue weighted by atomic mass is 10.1. The zero-order valence-electron chi connectivity index (χ0n) is 8.57. The van der Waals surface area contributed by atoms with Crippen LogP contribution in [0.3, 0.4) is 0 Å². The Bertz CT molecular complexity index is 391. The van der Waals surface area contributed by atoms with Crippen LogP contribution in [-0.2, 0) is 0 Å². The average molecular weight is 205 g/mol. The van der Waals surface area contributed by atoms with E-state index in [4.69, 9.17) is 5.26 Å². The predicted octanol–water partition coefficient (Wildman–Crippen LogP) is 1.89. The second kappa shape index (κ2) is 3.50. The van der Waals surface area contributed by atoms with Crippen molar-refractivity contribution in [3.63, 3.8) is 0 Å². The van der Waals surface area contributed by atoms with Gasteiger partial charge in [0.25, 0.3) is 0 Å². The first-order valence-corrected chi connectivity index (χ1v) is 4.91. The van der Waals surface area contributed by atoms with Crippen LogP contribution in [-0.4, -0.2) is 23.7 Å². The van der Waals surface area contributed by atoms with Crippen LogP contribution in [0, 0.1) is 11.3 Å². The largest absolute Gasteiger partial charge is 0.367 e. The number of nitriles is 1. The van der Waals surface area contributed by atoms with Gasteiger partial charge >= 0.3 is 0 Å². The van der Waals surface area contributed by atoms with Gasteiger partial charge in [-0.3, -0.25) is 0 Å². The van der Waals surface area contributed by atoms with E-state index in [2.05, 4.69) is 4.98 Å². The molecule has 0 saturated carbocycles. The Morgan fingerprint density at radius 2 is 2.40 bits per heavy atom. The van der Waals surface area contributed by atoms with Crippen molar-refractivity contribution in [2.45, 2.75) is 19.0 Å². The van der Waals surface area contributed by atoms with Crippen molar-refractivity contribution in [2.24, 2.45) is 0 Å². The topological polar surface area (TPSA) is 39.9 Å². The molecule has 78 valence electrons. The summed E-state index contributed by atoms with van der Waals surface area (Å²) in [6.45, 7) is 2.73. The summed E-state index contributed by atoms with van der Waals surface area (Å²) in [5.41, 5.74) is 0.171. The Morgan fingerprint density at radius 1 is 1.60 bits per heavy atom. The molecule has 3 nitrogen and oxygen atoms in total. The summed E-state index contributed by atoms with van der Waals surface area (Å²) in [6, 6.07) is 5.43. The first kappa shape index (κ1) is 9.91. The fraction of sp³-hybridized carbons (Fsp3) is 0.455. The molecule has 0 spiro atoms. The molecule has 4 heteroatoms. The van der Waals surface area contributed by atoms with Crippen LogP contribution in [0.2, 0.25) is 0 Å². The third-order valence-electron chi connectivity index (χ3n) is 2.65. The SMILES string of the molecule is CC1(F)CCN(c2ccc(C#N)nc2)C1. The summed E-state index contributed by atoms with van der Waals surface area (Å²) in [5.74, 6) is 0. The Morgan fingerprint density at radius 3 is 2.87 bits per heavy atom. The number of rotatable bonds is 1. The van der Waals surface area contributed by atoms with E-state index >= 15 is 0 Å². The quantitative estimate of drug-likeness (QED) is 0.702. The van der Waals surface area contributed by atoms with E-state index < -0.39 is 5.67 Å². The van der Waals surface area contributed by atoms with E-state index in [1.807, 2.05) is 17.0 Å². The molecule has 1 atom stereocenters. The Kier molecular flexibility index (Phi) is 2.31. The lowest BCUT2D eigenvalue weighted by molar-refractivity contribution is 0.221. The number of halogens is 1. The molecule has 1 unspecified atom stereocenters. The van der Waals surface area contributed by atoms with Crippen molar-refractivity contribution < 1.29 is 4.39 Å². The molecule has 15 heavy (non-hydrogen) atoms. The second-order valence-corrected chi connectivity index (χ2v) is 4.10. The lowest BCUT2D eigenvalue weighted by Crippen LogP contribution is -2.25. The fourth-order valence-electron chi connectivity index (χ4n) is 1.78. The number of alkyl halides is 1. The average Bonchev–Trinajstić information content (AvgIpc) is 2.59. The number of hydrogen-bond donors (Lipinski definition) is 0. The first-order chi connectivity index (χ1) is 7.11. The summed E-state index contributed by atoms with van der Waals surface area (Å²) >= 11 is 0. The molecule has 1 fully saturated rings. The first-order valence-electron chi connectivity index (χ1n) is 4.91. The third kappa shape index (κ3) is 2.07. The van der Waals surface area contributed by atoms with Gasteiger partial charge < -0.3 is 4.90 Å². The molecule has 0 amide bonds. The van der Waals surface area contributed by atoms with Gasteiger partial charge in [-0.25, -0.2) is 9.37 Å². The Labute approximate surface area is 88.2 Å². The van der Waals surface area contributed by atoms with Crippen molar-refractivity contribution in [1.29, 1.82) is 5.26 Å².